The number of aromatic nitrogens is 2. The lowest BCUT2D eigenvalue weighted by Crippen LogP contribution is -2.15. The third-order valence-electron chi connectivity index (χ3n) is 2.32. The van der Waals surface area contributed by atoms with Crippen LogP contribution in [0.5, 0.6) is 0 Å². The van der Waals surface area contributed by atoms with Crippen LogP contribution < -0.4 is 10.6 Å². The predicted octanol–water partition coefficient (Wildman–Crippen LogP) is 0.891. The Balaban J connectivity index is 2.60. The third-order valence-corrected chi connectivity index (χ3v) is 2.32. The fourth-order valence-electron chi connectivity index (χ4n) is 1.46. The summed E-state index contributed by atoms with van der Waals surface area (Å²) in [6, 6.07) is 0. The first-order valence-corrected chi connectivity index (χ1v) is 6.24. The average Bonchev–Trinajstić information content (AvgIpc) is 2.43. The molecule has 1 aromatic heterocycles. The Bertz CT molecular complexity index is 429. The van der Waals surface area contributed by atoms with Crippen LogP contribution in [0.1, 0.15) is 6.92 Å². The van der Waals surface area contributed by atoms with Gasteiger partial charge in [-0.1, -0.05) is 0 Å². The van der Waals surface area contributed by atoms with E-state index in [4.69, 9.17) is 9.47 Å². The molecule has 9 heteroatoms. The molecule has 0 atom stereocenters. The molecule has 0 amide bonds. The number of methoxy groups -OCH3 is 1. The topological polar surface area (TPSA) is 111 Å². The van der Waals surface area contributed by atoms with Crippen LogP contribution >= 0.6 is 0 Å². The predicted molar refractivity (Wildman–Crippen MR) is 74.0 cm³/mol. The minimum atomic E-state index is -0.508. The average molecular weight is 285 g/mol. The molecule has 0 saturated heterocycles. The largest absolute Gasteiger partial charge is 0.382 e. The molecule has 0 radical (unpaired) electrons. The van der Waals surface area contributed by atoms with Crippen molar-refractivity contribution < 1.29 is 14.4 Å². The minimum absolute atomic E-state index is 0.161. The third kappa shape index (κ3) is 4.94. The van der Waals surface area contributed by atoms with Crippen molar-refractivity contribution >= 4 is 17.3 Å². The zero-order chi connectivity index (χ0) is 14.8. The summed E-state index contributed by atoms with van der Waals surface area (Å²) in [6.45, 7) is 4.18. The SMILES string of the molecule is CCNc1ncnc(NCCOCCOC)c1[N+](=O)[O-]. The van der Waals surface area contributed by atoms with E-state index in [9.17, 15) is 10.1 Å². The monoisotopic (exact) mass is 285 g/mol. The van der Waals surface area contributed by atoms with E-state index < -0.39 is 4.92 Å². The normalized spacial score (nSPS) is 10.3. The Labute approximate surface area is 116 Å². The van der Waals surface area contributed by atoms with E-state index in [2.05, 4.69) is 20.6 Å². The lowest BCUT2D eigenvalue weighted by Gasteiger charge is -2.09. The van der Waals surface area contributed by atoms with Crippen molar-refractivity contribution in [1.29, 1.82) is 0 Å². The van der Waals surface area contributed by atoms with E-state index in [0.717, 1.165) is 0 Å². The van der Waals surface area contributed by atoms with Gasteiger partial charge in [-0.25, -0.2) is 9.97 Å². The lowest BCUT2D eigenvalue weighted by molar-refractivity contribution is -0.383. The molecule has 0 aromatic carbocycles. The Morgan fingerprint density at radius 3 is 2.55 bits per heavy atom. The summed E-state index contributed by atoms with van der Waals surface area (Å²) in [5, 5.41) is 16.8. The van der Waals surface area contributed by atoms with Gasteiger partial charge in [0.05, 0.1) is 24.7 Å². The first kappa shape index (κ1) is 16.1. The highest BCUT2D eigenvalue weighted by Gasteiger charge is 2.21. The maximum atomic E-state index is 11.1. The number of nitrogens with one attached hydrogen (secondary N) is 2. The summed E-state index contributed by atoms with van der Waals surface area (Å²) in [6.07, 6.45) is 1.28. The van der Waals surface area contributed by atoms with E-state index in [0.29, 0.717) is 32.9 Å². The van der Waals surface area contributed by atoms with Crippen LogP contribution in [0.4, 0.5) is 17.3 Å². The van der Waals surface area contributed by atoms with Crippen LogP contribution in [-0.4, -0.2) is 54.9 Å². The number of rotatable bonds is 10. The summed E-state index contributed by atoms with van der Waals surface area (Å²) in [7, 11) is 1.59. The molecular weight excluding hydrogens is 266 g/mol. The zero-order valence-corrected chi connectivity index (χ0v) is 11.6. The molecule has 0 spiro atoms. The maximum Gasteiger partial charge on any atom is 0.353 e. The van der Waals surface area contributed by atoms with Gasteiger partial charge in [-0.2, -0.15) is 0 Å². The highest BCUT2D eigenvalue weighted by atomic mass is 16.6. The summed E-state index contributed by atoms with van der Waals surface area (Å²) in [4.78, 5) is 18.3. The highest BCUT2D eigenvalue weighted by Crippen LogP contribution is 2.28. The first-order chi connectivity index (χ1) is 9.70. The Morgan fingerprint density at radius 2 is 1.95 bits per heavy atom. The van der Waals surface area contributed by atoms with Gasteiger partial charge in [0.15, 0.2) is 0 Å². The van der Waals surface area contributed by atoms with Crippen LogP contribution in [0.3, 0.4) is 0 Å². The van der Waals surface area contributed by atoms with Crippen LogP contribution in [0, 0.1) is 10.1 Å². The molecule has 1 aromatic rings. The molecule has 9 nitrogen and oxygen atoms in total. The molecule has 0 fully saturated rings. The molecule has 0 aliphatic carbocycles. The summed E-state index contributed by atoms with van der Waals surface area (Å²) in [5.41, 5.74) is -0.161. The zero-order valence-electron chi connectivity index (χ0n) is 11.6. The standard InChI is InChI=1S/C11H19N5O4/c1-3-12-10-9(16(17)18)11(15-8-14-10)13-4-5-20-7-6-19-2/h8H,3-7H2,1-2H3,(H2,12,13,14,15). The van der Waals surface area contributed by atoms with Crippen LogP contribution in [0.25, 0.3) is 0 Å². The van der Waals surface area contributed by atoms with Crippen molar-refractivity contribution in [3.8, 4) is 0 Å². The van der Waals surface area contributed by atoms with Gasteiger partial charge in [0.1, 0.15) is 6.33 Å². The maximum absolute atomic E-state index is 11.1. The number of nitrogens with zero attached hydrogens (tertiary/aromatic N) is 3. The number of nitro groups is 1. The van der Waals surface area contributed by atoms with Crippen LogP contribution in [-0.2, 0) is 9.47 Å². The first-order valence-electron chi connectivity index (χ1n) is 6.24. The van der Waals surface area contributed by atoms with E-state index in [1.165, 1.54) is 6.33 Å². The van der Waals surface area contributed by atoms with Gasteiger partial charge in [0.2, 0.25) is 11.6 Å². The van der Waals surface area contributed by atoms with E-state index >= 15 is 0 Å². The van der Waals surface area contributed by atoms with E-state index in [1.807, 2.05) is 6.92 Å². The van der Waals surface area contributed by atoms with Crippen molar-refractivity contribution in [1.82, 2.24) is 9.97 Å². The van der Waals surface area contributed by atoms with Crippen LogP contribution in [0.2, 0.25) is 0 Å². The van der Waals surface area contributed by atoms with Gasteiger partial charge in [-0.15, -0.1) is 0 Å². The van der Waals surface area contributed by atoms with Crippen molar-refractivity contribution in [2.24, 2.45) is 0 Å². The molecule has 0 saturated carbocycles. The summed E-state index contributed by atoms with van der Waals surface area (Å²) >= 11 is 0. The molecule has 0 bridgehead atoms. The Hall–Kier alpha value is -2.00. The second kappa shape index (κ2) is 8.99. The Morgan fingerprint density at radius 1 is 1.25 bits per heavy atom. The summed E-state index contributed by atoms with van der Waals surface area (Å²) < 4.78 is 10.1. The molecule has 1 rings (SSSR count). The second-order valence-electron chi connectivity index (χ2n) is 3.74. The second-order valence-corrected chi connectivity index (χ2v) is 3.74. The smallest absolute Gasteiger partial charge is 0.353 e. The molecule has 0 aliphatic rings. The molecule has 0 unspecified atom stereocenters. The van der Waals surface area contributed by atoms with Gasteiger partial charge in [0.25, 0.3) is 0 Å². The van der Waals surface area contributed by atoms with Gasteiger partial charge in [0, 0.05) is 20.2 Å². The van der Waals surface area contributed by atoms with Gasteiger partial charge >= 0.3 is 5.69 Å². The van der Waals surface area contributed by atoms with Crippen molar-refractivity contribution in [3.05, 3.63) is 16.4 Å². The van der Waals surface area contributed by atoms with Gasteiger partial charge in [-0.05, 0) is 6.92 Å². The molecule has 2 N–H and O–H groups in total. The number of ether oxygens (including phenoxy) is 2. The number of hydrogen-bond donors (Lipinski definition) is 2. The van der Waals surface area contributed by atoms with Crippen molar-refractivity contribution in [2.75, 3.05) is 50.7 Å². The van der Waals surface area contributed by atoms with E-state index in [-0.39, 0.29) is 17.3 Å². The molecular formula is C11H19N5O4. The lowest BCUT2D eigenvalue weighted by atomic mass is 10.4. The number of hydrogen-bond acceptors (Lipinski definition) is 8. The summed E-state index contributed by atoms with van der Waals surface area (Å²) in [5.74, 6) is 0.381. The van der Waals surface area contributed by atoms with Gasteiger partial charge in [-0.3, -0.25) is 10.1 Å². The fraction of sp³-hybridized carbons (Fsp3) is 0.636. The number of anilines is 2. The molecule has 112 valence electrons. The van der Waals surface area contributed by atoms with Crippen LogP contribution in [0.15, 0.2) is 6.33 Å². The molecule has 0 aliphatic heterocycles. The highest BCUT2D eigenvalue weighted by molar-refractivity contribution is 5.69. The molecule has 1 heterocycles. The van der Waals surface area contributed by atoms with Crippen molar-refractivity contribution in [2.45, 2.75) is 6.92 Å². The minimum Gasteiger partial charge on any atom is -0.382 e. The Kier molecular flexibility index (Phi) is 7.22. The van der Waals surface area contributed by atoms with Gasteiger partial charge < -0.3 is 20.1 Å². The van der Waals surface area contributed by atoms with E-state index in [1.54, 1.807) is 7.11 Å². The molecule has 20 heavy (non-hydrogen) atoms. The van der Waals surface area contributed by atoms with Crippen molar-refractivity contribution in [3.63, 3.8) is 0 Å². The fourth-order valence-corrected chi connectivity index (χ4v) is 1.46. The quantitative estimate of drug-likeness (QED) is 0.370.